The number of carboxylic acid groups (broad SMARTS) is 1. The molecule has 0 rings (SSSR count). The van der Waals surface area contributed by atoms with E-state index < -0.39 is 12.1 Å². The van der Waals surface area contributed by atoms with Crippen LogP contribution in [0.15, 0.2) is 60.8 Å². The van der Waals surface area contributed by atoms with E-state index in [1.165, 1.54) is 0 Å². The van der Waals surface area contributed by atoms with Crippen molar-refractivity contribution in [2.75, 3.05) is 27.7 Å². The maximum atomic E-state index is 12.0. The van der Waals surface area contributed by atoms with E-state index in [1.807, 2.05) is 27.2 Å². The first-order chi connectivity index (χ1) is 16.2. The van der Waals surface area contributed by atoms with Gasteiger partial charge in [0.05, 0.1) is 27.6 Å². The summed E-state index contributed by atoms with van der Waals surface area (Å²) in [6, 6.07) is 0. The van der Waals surface area contributed by atoms with Crippen molar-refractivity contribution in [1.82, 2.24) is 0 Å². The predicted octanol–water partition coefficient (Wildman–Crippen LogP) is 6.78. The first kappa shape index (κ1) is 31.6. The summed E-state index contributed by atoms with van der Waals surface area (Å²) in [5, 5.41) is 9.02. The fraction of sp³-hybridized carbons (Fsp3) is 0.586. The van der Waals surface area contributed by atoms with Gasteiger partial charge in [-0.05, 0) is 57.8 Å². The van der Waals surface area contributed by atoms with Crippen molar-refractivity contribution in [2.24, 2.45) is 0 Å². The molecule has 0 amide bonds. The number of esters is 1. The third kappa shape index (κ3) is 24.2. The van der Waals surface area contributed by atoms with Crippen molar-refractivity contribution in [3.63, 3.8) is 0 Å². The van der Waals surface area contributed by atoms with Crippen molar-refractivity contribution in [1.29, 1.82) is 0 Å². The molecule has 1 unspecified atom stereocenters. The molecule has 0 aliphatic heterocycles. The molecule has 0 bridgehead atoms. The molecule has 0 spiro atoms. The van der Waals surface area contributed by atoms with E-state index in [0.717, 1.165) is 51.4 Å². The van der Waals surface area contributed by atoms with Gasteiger partial charge in [0, 0.05) is 6.42 Å². The first-order valence-electron chi connectivity index (χ1n) is 12.7. The van der Waals surface area contributed by atoms with Crippen molar-refractivity contribution in [3.8, 4) is 0 Å². The Hall–Kier alpha value is -2.40. The number of rotatable bonds is 20. The van der Waals surface area contributed by atoms with Gasteiger partial charge in [0.1, 0.15) is 6.54 Å². The van der Waals surface area contributed by atoms with E-state index >= 15 is 0 Å². The molecule has 0 saturated carbocycles. The van der Waals surface area contributed by atoms with Gasteiger partial charge in [-0.1, -0.05) is 67.7 Å². The van der Waals surface area contributed by atoms with Crippen LogP contribution in [0.25, 0.3) is 0 Å². The fourth-order valence-corrected chi connectivity index (χ4v) is 3.24. The van der Waals surface area contributed by atoms with E-state index in [1.54, 1.807) is 0 Å². The second-order valence-electron chi connectivity index (χ2n) is 9.45. The fourth-order valence-electron chi connectivity index (χ4n) is 3.24. The molecule has 0 aromatic carbocycles. The highest BCUT2D eigenvalue weighted by molar-refractivity contribution is 5.71. The maximum absolute atomic E-state index is 12.0. The molecular weight excluding hydrogens is 426 g/mol. The molecule has 0 fully saturated rings. The largest absolute Gasteiger partial charge is 0.481 e. The molecule has 0 aliphatic rings. The number of nitrogens with zero attached hydrogens (tertiary/aromatic N) is 1. The maximum Gasteiger partial charge on any atom is 0.307 e. The highest BCUT2D eigenvalue weighted by Gasteiger charge is 2.24. The Morgan fingerprint density at radius 2 is 1.18 bits per heavy atom. The summed E-state index contributed by atoms with van der Waals surface area (Å²) in [5.41, 5.74) is 0. The summed E-state index contributed by atoms with van der Waals surface area (Å²) >= 11 is 0. The van der Waals surface area contributed by atoms with E-state index in [-0.39, 0.29) is 18.8 Å². The molecule has 192 valence electrons. The number of ether oxygens (including phenoxy) is 1. The van der Waals surface area contributed by atoms with Crippen LogP contribution in [-0.2, 0) is 14.3 Å². The summed E-state index contributed by atoms with van der Waals surface area (Å²) < 4.78 is 5.93. The van der Waals surface area contributed by atoms with Gasteiger partial charge in [-0.2, -0.15) is 0 Å². The SMILES string of the molecule is CC/C=C/CC/C=C/C/C=C/CC/C=C/CC/C=C/CCC(=O)OC(CC(=O)O)C[N+](C)(C)C. The van der Waals surface area contributed by atoms with Gasteiger partial charge < -0.3 is 14.3 Å². The Labute approximate surface area is 208 Å². The van der Waals surface area contributed by atoms with Crippen LogP contribution in [0.2, 0.25) is 0 Å². The molecule has 0 heterocycles. The Morgan fingerprint density at radius 1 is 0.735 bits per heavy atom. The van der Waals surface area contributed by atoms with Crippen LogP contribution in [0, 0.1) is 0 Å². The molecule has 5 nitrogen and oxygen atoms in total. The molecule has 0 radical (unpaired) electrons. The number of hydrogen-bond donors (Lipinski definition) is 1. The zero-order chi connectivity index (χ0) is 25.5. The van der Waals surface area contributed by atoms with Gasteiger partial charge in [0.2, 0.25) is 0 Å². The normalized spacial score (nSPS) is 13.8. The second kappa shape index (κ2) is 21.2. The zero-order valence-corrected chi connectivity index (χ0v) is 22.0. The molecule has 1 atom stereocenters. The molecule has 0 aliphatic carbocycles. The van der Waals surface area contributed by atoms with Crippen molar-refractivity contribution in [3.05, 3.63) is 60.8 Å². The average Bonchev–Trinajstić information content (AvgIpc) is 2.73. The number of quaternary nitrogens is 1. The number of unbranched alkanes of at least 4 members (excludes halogenated alkanes) is 3. The Balaban J connectivity index is 3.82. The Morgan fingerprint density at radius 3 is 1.62 bits per heavy atom. The average molecular weight is 475 g/mol. The van der Waals surface area contributed by atoms with Crippen LogP contribution in [-0.4, -0.2) is 55.3 Å². The first-order valence-corrected chi connectivity index (χ1v) is 12.7. The lowest BCUT2D eigenvalue weighted by Crippen LogP contribution is -2.43. The standard InChI is InChI=1S/C29H47NO4/c1-5-6-7-8-9-10-11-12-13-14-15-16-17-18-19-20-21-22-23-24-29(33)34-27(25-28(31)32)26-30(2,3)4/h6-7,10-11,13-14,17-18,21-22,27H,5,8-9,12,15-16,19-20,23-26H2,1-4H3/p+1/b7-6+,11-10+,14-13+,18-17+,22-21+. The van der Waals surface area contributed by atoms with E-state index in [0.29, 0.717) is 17.4 Å². The van der Waals surface area contributed by atoms with E-state index in [2.05, 4.69) is 61.6 Å². The second-order valence-corrected chi connectivity index (χ2v) is 9.45. The lowest BCUT2D eigenvalue weighted by Gasteiger charge is -2.28. The zero-order valence-electron chi connectivity index (χ0n) is 22.0. The number of hydrogen-bond acceptors (Lipinski definition) is 3. The van der Waals surface area contributed by atoms with Gasteiger partial charge in [-0.25, -0.2) is 0 Å². The minimum atomic E-state index is -0.950. The Kier molecular flexibility index (Phi) is 19.7. The van der Waals surface area contributed by atoms with Gasteiger partial charge >= 0.3 is 11.9 Å². The summed E-state index contributed by atoms with van der Waals surface area (Å²) in [4.78, 5) is 23.0. The van der Waals surface area contributed by atoms with E-state index in [9.17, 15) is 9.59 Å². The van der Waals surface area contributed by atoms with Crippen LogP contribution in [0.5, 0.6) is 0 Å². The number of carboxylic acids is 1. The molecule has 1 N–H and O–H groups in total. The van der Waals surface area contributed by atoms with Gasteiger partial charge in [-0.15, -0.1) is 0 Å². The Bertz CT molecular complexity index is 681. The van der Waals surface area contributed by atoms with Crippen molar-refractivity contribution in [2.45, 2.75) is 83.7 Å². The van der Waals surface area contributed by atoms with Gasteiger partial charge in [0.25, 0.3) is 0 Å². The summed E-state index contributed by atoms with van der Waals surface area (Å²) in [7, 11) is 5.85. The number of allylic oxidation sites excluding steroid dienone is 10. The quantitative estimate of drug-likeness (QED) is 0.0914. The van der Waals surface area contributed by atoms with Crippen molar-refractivity contribution >= 4 is 11.9 Å². The summed E-state index contributed by atoms with van der Waals surface area (Å²) in [5.74, 6) is -1.29. The van der Waals surface area contributed by atoms with Crippen LogP contribution in [0.1, 0.15) is 77.6 Å². The van der Waals surface area contributed by atoms with Crippen molar-refractivity contribution < 1.29 is 23.9 Å². The number of carbonyl (C=O) groups excluding carboxylic acids is 1. The lowest BCUT2D eigenvalue weighted by atomic mass is 10.2. The predicted molar refractivity (Wildman–Crippen MR) is 143 cm³/mol. The number of likely N-dealkylation sites (N-methyl/N-ethyl adjacent to an activating group) is 1. The van der Waals surface area contributed by atoms with Crippen LogP contribution < -0.4 is 0 Å². The minimum absolute atomic E-state index is 0.159. The summed E-state index contributed by atoms with van der Waals surface area (Å²) in [6.45, 7) is 2.63. The van der Waals surface area contributed by atoms with Crippen LogP contribution in [0.3, 0.4) is 0 Å². The monoisotopic (exact) mass is 474 g/mol. The minimum Gasteiger partial charge on any atom is -0.481 e. The van der Waals surface area contributed by atoms with E-state index in [4.69, 9.17) is 9.84 Å². The summed E-state index contributed by atoms with van der Waals surface area (Å²) in [6.07, 6.45) is 30.5. The molecular formula is C29H48NO4+. The number of aliphatic carboxylic acids is 1. The lowest BCUT2D eigenvalue weighted by molar-refractivity contribution is -0.873. The van der Waals surface area contributed by atoms with Crippen LogP contribution >= 0.6 is 0 Å². The molecule has 0 aromatic rings. The molecule has 0 aromatic heterocycles. The highest BCUT2D eigenvalue weighted by atomic mass is 16.5. The number of carbonyl (C=O) groups is 2. The molecule has 34 heavy (non-hydrogen) atoms. The third-order valence-electron chi connectivity index (χ3n) is 4.81. The van der Waals surface area contributed by atoms with Gasteiger partial charge in [0.15, 0.2) is 6.10 Å². The van der Waals surface area contributed by atoms with Crippen LogP contribution in [0.4, 0.5) is 0 Å². The topological polar surface area (TPSA) is 63.6 Å². The highest BCUT2D eigenvalue weighted by Crippen LogP contribution is 2.08. The van der Waals surface area contributed by atoms with Gasteiger partial charge in [-0.3, -0.25) is 9.59 Å². The third-order valence-corrected chi connectivity index (χ3v) is 4.81. The molecule has 5 heteroatoms. The smallest absolute Gasteiger partial charge is 0.307 e. The molecule has 0 saturated heterocycles.